The van der Waals surface area contributed by atoms with Crippen molar-refractivity contribution in [1.29, 1.82) is 0 Å². The summed E-state index contributed by atoms with van der Waals surface area (Å²) in [6, 6.07) is 8.81. The molecular weight excluding hydrogens is 166 g/mol. The summed E-state index contributed by atoms with van der Waals surface area (Å²) in [5.74, 6) is 0. The Morgan fingerprint density at radius 1 is 1.50 bits per heavy atom. The van der Waals surface area contributed by atoms with E-state index in [0.717, 1.165) is 11.3 Å². The number of hydrogen-bond donors (Lipinski definition) is 2. The second-order valence-corrected chi connectivity index (χ2v) is 3.58. The summed E-state index contributed by atoms with van der Waals surface area (Å²) in [6.07, 6.45) is 1.06. The molecule has 0 aliphatic heterocycles. The van der Waals surface area contributed by atoms with Gasteiger partial charge in [-0.25, -0.2) is 0 Å². The summed E-state index contributed by atoms with van der Waals surface area (Å²) in [4.78, 5) is 1.04. The minimum atomic E-state index is 0.528. The van der Waals surface area contributed by atoms with E-state index in [1.54, 1.807) is 0 Å². The summed E-state index contributed by atoms with van der Waals surface area (Å²) in [5.41, 5.74) is 1.34. The largest absolute Gasteiger partial charge is 0.317 e. The zero-order valence-electron chi connectivity index (χ0n) is 7.54. The van der Waals surface area contributed by atoms with E-state index in [1.807, 2.05) is 19.2 Å². The Morgan fingerprint density at radius 3 is 2.83 bits per heavy atom. The van der Waals surface area contributed by atoms with Gasteiger partial charge in [-0.2, -0.15) is 0 Å². The maximum Gasteiger partial charge on any atom is 0.00761 e. The van der Waals surface area contributed by atoms with Gasteiger partial charge in [0.25, 0.3) is 0 Å². The van der Waals surface area contributed by atoms with Crippen LogP contribution in [-0.4, -0.2) is 13.1 Å². The fourth-order valence-electron chi connectivity index (χ4n) is 1.14. The molecule has 1 N–H and O–H groups in total. The van der Waals surface area contributed by atoms with Crippen LogP contribution < -0.4 is 5.32 Å². The molecule has 0 unspecified atom stereocenters. The molecule has 0 radical (unpaired) electrons. The van der Waals surface area contributed by atoms with Gasteiger partial charge in [-0.15, -0.1) is 12.6 Å². The Hall–Kier alpha value is -0.470. The van der Waals surface area contributed by atoms with Crippen LogP contribution in [0.1, 0.15) is 12.5 Å². The normalized spacial score (nSPS) is 12.9. The monoisotopic (exact) mass is 181 g/mol. The zero-order chi connectivity index (χ0) is 8.97. The smallest absolute Gasteiger partial charge is 0.00761 e. The van der Waals surface area contributed by atoms with Crippen molar-refractivity contribution in [3.8, 4) is 0 Å². The predicted octanol–water partition coefficient (Wildman–Crippen LogP) is 2.13. The van der Waals surface area contributed by atoms with Crippen LogP contribution in [0.3, 0.4) is 0 Å². The van der Waals surface area contributed by atoms with E-state index in [1.165, 1.54) is 5.56 Å². The molecule has 0 aromatic heterocycles. The van der Waals surface area contributed by atoms with Gasteiger partial charge in [0.1, 0.15) is 0 Å². The highest BCUT2D eigenvalue weighted by Crippen LogP contribution is 2.10. The van der Waals surface area contributed by atoms with Gasteiger partial charge >= 0.3 is 0 Å². The van der Waals surface area contributed by atoms with Crippen LogP contribution >= 0.6 is 12.6 Å². The van der Waals surface area contributed by atoms with E-state index in [9.17, 15) is 0 Å². The number of hydrogen-bond acceptors (Lipinski definition) is 2. The van der Waals surface area contributed by atoms with Crippen molar-refractivity contribution in [3.63, 3.8) is 0 Å². The quantitative estimate of drug-likeness (QED) is 0.681. The molecule has 1 aromatic carbocycles. The first kappa shape index (κ1) is 9.62. The fourth-order valence-corrected chi connectivity index (χ4v) is 1.39. The molecule has 0 amide bonds. The molecule has 0 bridgehead atoms. The number of rotatable bonds is 3. The van der Waals surface area contributed by atoms with Crippen molar-refractivity contribution in [3.05, 3.63) is 29.8 Å². The first-order valence-electron chi connectivity index (χ1n) is 4.17. The molecule has 0 spiro atoms. The third-order valence-electron chi connectivity index (χ3n) is 1.95. The van der Waals surface area contributed by atoms with Crippen LogP contribution in [0, 0.1) is 0 Å². The first-order valence-corrected chi connectivity index (χ1v) is 4.62. The van der Waals surface area contributed by atoms with Gasteiger partial charge < -0.3 is 5.32 Å². The summed E-state index contributed by atoms with van der Waals surface area (Å²) >= 11 is 4.29. The van der Waals surface area contributed by atoms with E-state index in [4.69, 9.17) is 0 Å². The molecule has 0 aliphatic carbocycles. The molecule has 2 heteroatoms. The highest BCUT2D eigenvalue weighted by atomic mass is 32.1. The first-order chi connectivity index (χ1) is 5.72. The van der Waals surface area contributed by atoms with Crippen LogP contribution in [-0.2, 0) is 6.42 Å². The predicted molar refractivity (Wildman–Crippen MR) is 55.9 cm³/mol. The van der Waals surface area contributed by atoms with Crippen molar-refractivity contribution >= 4 is 12.6 Å². The molecule has 12 heavy (non-hydrogen) atoms. The van der Waals surface area contributed by atoms with Gasteiger partial charge in [0.15, 0.2) is 0 Å². The van der Waals surface area contributed by atoms with Crippen LogP contribution in [0.2, 0.25) is 0 Å². The molecule has 1 atom stereocenters. The number of benzene rings is 1. The van der Waals surface area contributed by atoms with E-state index in [-0.39, 0.29) is 0 Å². The van der Waals surface area contributed by atoms with E-state index in [2.05, 4.69) is 37.0 Å². The molecule has 0 fully saturated rings. The number of thiol groups is 1. The van der Waals surface area contributed by atoms with E-state index < -0.39 is 0 Å². The van der Waals surface area contributed by atoms with Gasteiger partial charge in [-0.05, 0) is 38.1 Å². The minimum absolute atomic E-state index is 0.528. The molecule has 66 valence electrons. The maximum atomic E-state index is 4.29. The van der Waals surface area contributed by atoms with Crippen LogP contribution in [0.5, 0.6) is 0 Å². The lowest BCUT2D eigenvalue weighted by atomic mass is 10.1. The Bertz CT molecular complexity index is 247. The third-order valence-corrected chi connectivity index (χ3v) is 2.22. The Morgan fingerprint density at radius 2 is 2.25 bits per heavy atom. The van der Waals surface area contributed by atoms with Crippen molar-refractivity contribution in [2.24, 2.45) is 0 Å². The van der Waals surface area contributed by atoms with Crippen molar-refractivity contribution in [2.75, 3.05) is 7.05 Å². The van der Waals surface area contributed by atoms with E-state index in [0.29, 0.717) is 6.04 Å². The molecule has 0 saturated heterocycles. The summed E-state index contributed by atoms with van der Waals surface area (Å²) in [5, 5.41) is 3.21. The summed E-state index contributed by atoms with van der Waals surface area (Å²) in [7, 11) is 1.98. The highest BCUT2D eigenvalue weighted by molar-refractivity contribution is 7.80. The van der Waals surface area contributed by atoms with Crippen LogP contribution in [0.25, 0.3) is 0 Å². The Labute approximate surface area is 79.6 Å². The SMILES string of the molecule is CN[C@@H](C)Cc1cccc(S)c1. The molecule has 0 aliphatic rings. The Balaban J connectivity index is 2.63. The van der Waals surface area contributed by atoms with Crippen molar-refractivity contribution < 1.29 is 0 Å². The molecule has 1 nitrogen and oxygen atoms in total. The second kappa shape index (κ2) is 4.53. The maximum absolute atomic E-state index is 4.29. The molecular formula is C10H15NS. The second-order valence-electron chi connectivity index (χ2n) is 3.06. The molecule has 0 heterocycles. The fraction of sp³-hybridized carbons (Fsp3) is 0.400. The number of nitrogens with one attached hydrogen (secondary N) is 1. The average Bonchev–Trinajstić information content (AvgIpc) is 2.04. The lowest BCUT2D eigenvalue weighted by molar-refractivity contribution is 0.608. The highest BCUT2D eigenvalue weighted by Gasteiger charge is 1.99. The minimum Gasteiger partial charge on any atom is -0.317 e. The molecule has 0 saturated carbocycles. The number of likely N-dealkylation sites (N-methyl/N-ethyl adjacent to an activating group) is 1. The lowest BCUT2D eigenvalue weighted by Gasteiger charge is -2.09. The topological polar surface area (TPSA) is 12.0 Å². The Kier molecular flexibility index (Phi) is 3.63. The third kappa shape index (κ3) is 2.88. The van der Waals surface area contributed by atoms with Gasteiger partial charge in [0.05, 0.1) is 0 Å². The van der Waals surface area contributed by atoms with Crippen LogP contribution in [0.15, 0.2) is 29.2 Å². The van der Waals surface area contributed by atoms with Gasteiger partial charge in [0, 0.05) is 10.9 Å². The summed E-state index contributed by atoms with van der Waals surface area (Å²) < 4.78 is 0. The van der Waals surface area contributed by atoms with Crippen molar-refractivity contribution in [1.82, 2.24) is 5.32 Å². The van der Waals surface area contributed by atoms with E-state index >= 15 is 0 Å². The van der Waals surface area contributed by atoms with Gasteiger partial charge in [0.2, 0.25) is 0 Å². The lowest BCUT2D eigenvalue weighted by Crippen LogP contribution is -2.23. The van der Waals surface area contributed by atoms with Gasteiger partial charge in [-0.1, -0.05) is 12.1 Å². The van der Waals surface area contributed by atoms with Crippen molar-refractivity contribution in [2.45, 2.75) is 24.3 Å². The zero-order valence-corrected chi connectivity index (χ0v) is 8.44. The summed E-state index contributed by atoms with van der Waals surface area (Å²) in [6.45, 7) is 2.17. The average molecular weight is 181 g/mol. The molecule has 1 rings (SSSR count). The standard InChI is InChI=1S/C10H15NS/c1-8(11-2)6-9-4-3-5-10(12)7-9/h3-5,7-8,11-12H,6H2,1-2H3/t8-/m0/s1. The van der Waals surface area contributed by atoms with Crippen LogP contribution in [0.4, 0.5) is 0 Å². The molecule has 1 aromatic rings. The van der Waals surface area contributed by atoms with Gasteiger partial charge in [-0.3, -0.25) is 0 Å².